The van der Waals surface area contributed by atoms with Crippen molar-refractivity contribution in [3.05, 3.63) is 45.9 Å². The van der Waals surface area contributed by atoms with Crippen molar-refractivity contribution in [2.24, 2.45) is 17.6 Å². The molecule has 4 rings (SSSR count). The number of allylic oxidation sites excluding steroid dienone is 1. The molecule has 3 aliphatic rings. The number of Topliss-reactive ketones (excluding diaryl/α,β-unsaturated/α-hetero) is 2. The van der Waals surface area contributed by atoms with Gasteiger partial charge in [-0.2, -0.15) is 0 Å². The summed E-state index contributed by atoms with van der Waals surface area (Å²) in [7, 11) is 6.29. The van der Waals surface area contributed by atoms with Gasteiger partial charge in [0.2, 0.25) is 5.78 Å². The first kappa shape index (κ1) is 28.1. The predicted octanol–water partition coefficient (Wildman–Crippen LogP) is -0.453. The summed E-state index contributed by atoms with van der Waals surface area (Å²) in [6.45, 7) is -0.0903. The van der Waals surface area contributed by atoms with E-state index in [2.05, 4.69) is 5.32 Å². The van der Waals surface area contributed by atoms with Crippen molar-refractivity contribution < 1.29 is 44.7 Å². The first-order chi connectivity index (χ1) is 18.1. The highest BCUT2D eigenvalue weighted by Gasteiger charge is 2.63. The number of anilines is 1. The number of hydrogen-bond acceptors (Lipinski definition) is 11. The molecule has 13 heteroatoms. The van der Waals surface area contributed by atoms with Gasteiger partial charge in [0.25, 0.3) is 5.91 Å². The lowest BCUT2D eigenvalue weighted by Crippen LogP contribution is -2.63. The monoisotopic (exact) mass is 544 g/mol. The quantitative estimate of drug-likeness (QED) is 0.172. The minimum Gasteiger partial charge on any atom is -0.510 e. The molecule has 0 heterocycles. The van der Waals surface area contributed by atoms with Crippen LogP contribution in [0.2, 0.25) is 0 Å². The minimum atomic E-state index is -2.71. The van der Waals surface area contributed by atoms with Crippen molar-refractivity contribution in [2.75, 3.05) is 40.1 Å². The molecular formula is C26H32N4O9. The summed E-state index contributed by atoms with van der Waals surface area (Å²) in [5.41, 5.74) is 1.88. The highest BCUT2D eigenvalue weighted by atomic mass is 16.4. The number of aliphatic carboxylic acids is 1. The fourth-order valence-corrected chi connectivity index (χ4v) is 6.07. The van der Waals surface area contributed by atoms with Crippen LogP contribution in [0.15, 0.2) is 34.8 Å². The zero-order valence-electron chi connectivity index (χ0n) is 21.9. The number of nitrogens with one attached hydrogen (secondary N) is 1. The van der Waals surface area contributed by atoms with Crippen LogP contribution >= 0.6 is 0 Å². The number of ketones is 2. The number of carboxylic acid groups (broad SMARTS) is 1. The lowest BCUT2D eigenvalue weighted by molar-refractivity contribution is -0.148. The molecule has 0 saturated heterocycles. The second kappa shape index (κ2) is 9.67. The van der Waals surface area contributed by atoms with Crippen LogP contribution in [0.3, 0.4) is 0 Å². The van der Waals surface area contributed by atoms with E-state index >= 15 is 0 Å². The number of carbonyl (C=O) groups excluding carboxylic acids is 3. The molecule has 0 aliphatic heterocycles. The summed E-state index contributed by atoms with van der Waals surface area (Å²) in [5, 5.41) is 57.0. The van der Waals surface area contributed by atoms with E-state index in [4.69, 9.17) is 5.73 Å². The molecule has 0 saturated carbocycles. The van der Waals surface area contributed by atoms with E-state index in [0.717, 1.165) is 0 Å². The van der Waals surface area contributed by atoms with Crippen molar-refractivity contribution in [2.45, 2.75) is 30.5 Å². The van der Waals surface area contributed by atoms with Crippen molar-refractivity contribution in [1.29, 1.82) is 0 Å². The number of nitrogens with two attached hydrogens (primary N) is 1. The van der Waals surface area contributed by atoms with Gasteiger partial charge in [0.1, 0.15) is 28.9 Å². The molecule has 1 aromatic rings. The van der Waals surface area contributed by atoms with Crippen LogP contribution in [0.4, 0.5) is 5.69 Å². The lowest BCUT2D eigenvalue weighted by Gasteiger charge is -2.50. The number of nitrogens with zero attached hydrogens (tertiary/aromatic N) is 2. The fourth-order valence-electron chi connectivity index (χ4n) is 6.07. The summed E-state index contributed by atoms with van der Waals surface area (Å²) >= 11 is 0. The molecule has 0 aromatic heterocycles. The summed E-state index contributed by atoms with van der Waals surface area (Å²) < 4.78 is 0. The van der Waals surface area contributed by atoms with Crippen molar-refractivity contribution in [1.82, 2.24) is 9.80 Å². The molecule has 39 heavy (non-hydrogen) atoms. The molecule has 0 radical (unpaired) electrons. The normalized spacial score (nSPS) is 27.3. The number of benzene rings is 1. The van der Waals surface area contributed by atoms with Gasteiger partial charge in [-0.25, -0.2) is 0 Å². The Morgan fingerprint density at radius 3 is 2.33 bits per heavy atom. The van der Waals surface area contributed by atoms with Gasteiger partial charge < -0.3 is 36.6 Å². The molecule has 0 bridgehead atoms. The van der Waals surface area contributed by atoms with Crippen LogP contribution in [-0.4, -0.2) is 111 Å². The van der Waals surface area contributed by atoms with E-state index in [9.17, 15) is 44.7 Å². The topological polar surface area (TPSA) is 214 Å². The molecule has 0 fully saturated rings. The number of aliphatic hydroxyl groups is 3. The second-order valence-corrected chi connectivity index (χ2v) is 10.7. The van der Waals surface area contributed by atoms with Crippen LogP contribution in [0.5, 0.6) is 5.75 Å². The number of rotatable bonds is 7. The van der Waals surface area contributed by atoms with Crippen LogP contribution in [0.25, 0.3) is 0 Å². The van der Waals surface area contributed by atoms with Gasteiger partial charge in [0.05, 0.1) is 17.3 Å². The largest absolute Gasteiger partial charge is 0.510 e. The Balaban J connectivity index is 1.80. The summed E-state index contributed by atoms with van der Waals surface area (Å²) in [5.74, 6) is -8.31. The van der Waals surface area contributed by atoms with Gasteiger partial charge >= 0.3 is 5.97 Å². The summed E-state index contributed by atoms with van der Waals surface area (Å²) in [6.07, 6.45) is 0.160. The Labute approximate surface area is 223 Å². The van der Waals surface area contributed by atoms with Gasteiger partial charge in [0.15, 0.2) is 11.4 Å². The molecule has 210 valence electrons. The first-order valence-corrected chi connectivity index (χ1v) is 12.3. The van der Waals surface area contributed by atoms with Gasteiger partial charge in [-0.1, -0.05) is 6.07 Å². The first-order valence-electron chi connectivity index (χ1n) is 12.3. The van der Waals surface area contributed by atoms with E-state index in [1.54, 1.807) is 34.3 Å². The van der Waals surface area contributed by atoms with Crippen molar-refractivity contribution in [3.8, 4) is 5.75 Å². The molecule has 0 spiro atoms. The molecule has 5 atom stereocenters. The number of phenols is 1. The molecule has 13 nitrogen and oxygen atoms in total. The number of aliphatic hydroxyl groups excluding tert-OH is 2. The number of likely N-dealkylation sites (N-methyl/N-ethyl adjacent to an activating group) is 2. The molecular weight excluding hydrogens is 512 g/mol. The van der Waals surface area contributed by atoms with Crippen LogP contribution in [0.1, 0.15) is 22.3 Å². The third-order valence-electron chi connectivity index (χ3n) is 7.99. The summed E-state index contributed by atoms with van der Waals surface area (Å²) in [4.78, 5) is 53.6. The average molecular weight is 545 g/mol. The lowest BCUT2D eigenvalue weighted by atomic mass is 9.58. The summed E-state index contributed by atoms with van der Waals surface area (Å²) in [6, 6.07) is 1.13. The minimum absolute atomic E-state index is 0.00431. The number of phenolic OH excluding ortho intramolecular Hbond substituents is 1. The Morgan fingerprint density at radius 1 is 1.15 bits per heavy atom. The van der Waals surface area contributed by atoms with E-state index in [1.165, 1.54) is 15.9 Å². The van der Waals surface area contributed by atoms with Crippen molar-refractivity contribution >= 4 is 29.1 Å². The second-order valence-electron chi connectivity index (χ2n) is 10.7. The Hall–Kier alpha value is -3.94. The predicted molar refractivity (Wildman–Crippen MR) is 137 cm³/mol. The fraction of sp³-hybridized carbons (Fsp3) is 0.462. The van der Waals surface area contributed by atoms with Gasteiger partial charge in [0, 0.05) is 18.0 Å². The number of carbonyl (C=O) groups is 4. The third-order valence-corrected chi connectivity index (χ3v) is 7.99. The average Bonchev–Trinajstić information content (AvgIpc) is 2.82. The standard InChI is InChI=1S/C26H32N4O9/c1-29(2)14(25(37)38)9-28-13-6-5-10-7-11-8-12-18(30(3)4)21(33)17(24(27)36)23(35)26(12,39)22(34)16(11)20(32)15(10)19(13)31/h5-6,11-12,14,18,28,31,33-34,39H,7-9H2,1-4H3,(H2,27,36)(H,37,38)/t11?,12?,14?,18-,26?/m0/s1. The zero-order chi connectivity index (χ0) is 29.1. The van der Waals surface area contributed by atoms with E-state index in [1.807, 2.05) is 0 Å². The number of carboxylic acids is 1. The SMILES string of the molecule is CN(C)C(CNc1ccc2c(c1O)C(=O)C1=C(O)C3(O)C(=O)C(C(N)=O)=C(O)[C@@H](N(C)C)C3CC1C2)C(=O)O. The van der Waals surface area contributed by atoms with E-state index < -0.39 is 75.8 Å². The van der Waals surface area contributed by atoms with Crippen LogP contribution in [0, 0.1) is 11.8 Å². The smallest absolute Gasteiger partial charge is 0.322 e. The van der Waals surface area contributed by atoms with E-state index in [0.29, 0.717) is 5.56 Å². The third kappa shape index (κ3) is 4.13. The number of aromatic hydroxyl groups is 1. The Bertz CT molecular complexity index is 1350. The Morgan fingerprint density at radius 2 is 1.79 bits per heavy atom. The molecule has 1 amide bonds. The van der Waals surface area contributed by atoms with Gasteiger partial charge in [-0.05, 0) is 58.6 Å². The maximum atomic E-state index is 13.7. The zero-order valence-corrected chi connectivity index (χ0v) is 21.9. The number of amides is 1. The number of primary amides is 1. The van der Waals surface area contributed by atoms with Crippen molar-refractivity contribution in [3.63, 3.8) is 0 Å². The molecule has 4 unspecified atom stereocenters. The highest BCUT2D eigenvalue weighted by molar-refractivity contribution is 6.24. The number of fused-ring (bicyclic) bond motifs is 3. The van der Waals surface area contributed by atoms with E-state index in [-0.39, 0.29) is 36.2 Å². The van der Waals surface area contributed by atoms with Crippen LogP contribution < -0.4 is 11.1 Å². The molecule has 8 N–H and O–H groups in total. The van der Waals surface area contributed by atoms with Crippen LogP contribution in [-0.2, 0) is 20.8 Å². The highest BCUT2D eigenvalue weighted by Crippen LogP contribution is 2.52. The maximum absolute atomic E-state index is 13.7. The number of hydrogen-bond donors (Lipinski definition) is 7. The Kier molecular flexibility index (Phi) is 6.96. The molecule has 1 aromatic carbocycles. The molecule has 3 aliphatic carbocycles. The van der Waals surface area contributed by atoms with Gasteiger partial charge in [-0.15, -0.1) is 0 Å². The van der Waals surface area contributed by atoms with Gasteiger partial charge in [-0.3, -0.25) is 29.0 Å². The maximum Gasteiger partial charge on any atom is 0.322 e.